The number of aliphatic imine (C=N–C) groups is 2. The predicted molar refractivity (Wildman–Crippen MR) is 98.4 cm³/mol. The van der Waals surface area contributed by atoms with E-state index in [9.17, 15) is 9.59 Å². The van der Waals surface area contributed by atoms with Crippen molar-refractivity contribution in [1.29, 1.82) is 0 Å². The lowest BCUT2D eigenvalue weighted by molar-refractivity contribution is -0.133. The van der Waals surface area contributed by atoms with Crippen LogP contribution in [0, 0.1) is 0 Å². The van der Waals surface area contributed by atoms with Gasteiger partial charge in [0.25, 0.3) is 0 Å². The molecule has 0 bridgehead atoms. The van der Waals surface area contributed by atoms with Gasteiger partial charge < -0.3 is 9.47 Å². The van der Waals surface area contributed by atoms with Gasteiger partial charge in [0.15, 0.2) is 6.04 Å². The molecule has 0 spiro atoms. The summed E-state index contributed by atoms with van der Waals surface area (Å²) >= 11 is 5.85. The van der Waals surface area contributed by atoms with Crippen LogP contribution in [-0.2, 0) is 14.3 Å². The minimum absolute atomic E-state index is 0.225. The van der Waals surface area contributed by atoms with Crippen LogP contribution in [0.15, 0.2) is 58.5 Å². The Morgan fingerprint density at radius 2 is 2.08 bits per heavy atom. The SMILES string of the molecule is CCOC(=O)c1cccc(N=CC2N=C(c3ccc(Cl)cc3)OC2=O)c1. The molecule has 26 heavy (non-hydrogen) atoms. The maximum absolute atomic E-state index is 12.0. The van der Waals surface area contributed by atoms with Crippen molar-refractivity contribution < 1.29 is 19.1 Å². The van der Waals surface area contributed by atoms with Gasteiger partial charge in [-0.25, -0.2) is 14.6 Å². The Bertz CT molecular complexity index is 891. The summed E-state index contributed by atoms with van der Waals surface area (Å²) in [6.07, 6.45) is 1.38. The van der Waals surface area contributed by atoms with Crippen molar-refractivity contribution >= 4 is 41.3 Å². The second-order valence-corrected chi connectivity index (χ2v) is 5.79. The number of carbonyl (C=O) groups is 2. The fraction of sp³-hybridized carbons (Fsp3) is 0.158. The van der Waals surface area contributed by atoms with Crippen molar-refractivity contribution in [2.75, 3.05) is 6.61 Å². The van der Waals surface area contributed by atoms with Crippen molar-refractivity contribution in [2.45, 2.75) is 13.0 Å². The average molecular weight is 371 g/mol. The average Bonchev–Trinajstić information content (AvgIpc) is 3.02. The molecule has 7 heteroatoms. The van der Waals surface area contributed by atoms with Gasteiger partial charge >= 0.3 is 11.9 Å². The van der Waals surface area contributed by atoms with Crippen LogP contribution in [0.5, 0.6) is 0 Å². The van der Waals surface area contributed by atoms with E-state index in [1.54, 1.807) is 55.5 Å². The minimum Gasteiger partial charge on any atom is -0.462 e. The molecule has 0 amide bonds. The molecule has 1 unspecified atom stereocenters. The fourth-order valence-electron chi connectivity index (χ4n) is 2.27. The molecule has 1 aliphatic heterocycles. The first-order valence-corrected chi connectivity index (χ1v) is 8.31. The fourth-order valence-corrected chi connectivity index (χ4v) is 2.39. The molecule has 2 aromatic rings. The van der Waals surface area contributed by atoms with Crippen LogP contribution in [0.4, 0.5) is 5.69 Å². The smallest absolute Gasteiger partial charge is 0.343 e. The largest absolute Gasteiger partial charge is 0.462 e. The number of halogens is 1. The Kier molecular flexibility index (Phi) is 5.43. The van der Waals surface area contributed by atoms with Gasteiger partial charge in [-0.1, -0.05) is 17.7 Å². The van der Waals surface area contributed by atoms with Gasteiger partial charge in [-0.15, -0.1) is 0 Å². The predicted octanol–water partition coefficient (Wildman–Crippen LogP) is 3.59. The number of cyclic esters (lactones) is 1. The highest BCUT2D eigenvalue weighted by Gasteiger charge is 2.28. The van der Waals surface area contributed by atoms with Gasteiger partial charge in [-0.3, -0.25) is 4.99 Å². The number of esters is 2. The van der Waals surface area contributed by atoms with E-state index in [4.69, 9.17) is 21.1 Å². The summed E-state index contributed by atoms with van der Waals surface area (Å²) in [4.78, 5) is 32.2. The number of hydrogen-bond acceptors (Lipinski definition) is 6. The molecular formula is C19H15ClN2O4. The molecule has 0 N–H and O–H groups in total. The van der Waals surface area contributed by atoms with Gasteiger partial charge in [-0.05, 0) is 49.4 Å². The number of carbonyl (C=O) groups excluding carboxylic acids is 2. The zero-order valence-electron chi connectivity index (χ0n) is 13.9. The van der Waals surface area contributed by atoms with Crippen molar-refractivity contribution in [3.05, 3.63) is 64.7 Å². The van der Waals surface area contributed by atoms with E-state index >= 15 is 0 Å². The molecule has 1 aliphatic rings. The van der Waals surface area contributed by atoms with Crippen molar-refractivity contribution in [3.63, 3.8) is 0 Å². The van der Waals surface area contributed by atoms with Crippen LogP contribution in [0.2, 0.25) is 5.02 Å². The Morgan fingerprint density at radius 1 is 1.31 bits per heavy atom. The second kappa shape index (κ2) is 7.93. The monoisotopic (exact) mass is 370 g/mol. The first-order chi connectivity index (χ1) is 12.6. The van der Waals surface area contributed by atoms with Crippen LogP contribution in [0.25, 0.3) is 0 Å². The van der Waals surface area contributed by atoms with Crippen LogP contribution in [-0.4, -0.2) is 36.7 Å². The lowest BCUT2D eigenvalue weighted by atomic mass is 10.2. The molecule has 6 nitrogen and oxygen atoms in total. The van der Waals surface area contributed by atoms with Crippen molar-refractivity contribution in [2.24, 2.45) is 9.98 Å². The van der Waals surface area contributed by atoms with Crippen molar-refractivity contribution in [1.82, 2.24) is 0 Å². The summed E-state index contributed by atoms with van der Waals surface area (Å²) in [7, 11) is 0. The molecule has 0 aliphatic carbocycles. The van der Waals surface area contributed by atoms with Crippen LogP contribution in [0.1, 0.15) is 22.8 Å². The summed E-state index contributed by atoms with van der Waals surface area (Å²) in [5.41, 5.74) is 1.56. The zero-order chi connectivity index (χ0) is 18.5. The molecule has 0 saturated heterocycles. The molecule has 0 fully saturated rings. The molecule has 1 heterocycles. The van der Waals surface area contributed by atoms with Crippen LogP contribution in [0.3, 0.4) is 0 Å². The number of benzene rings is 2. The second-order valence-electron chi connectivity index (χ2n) is 5.36. The van der Waals surface area contributed by atoms with Gasteiger partial charge in [0.1, 0.15) is 0 Å². The first-order valence-electron chi connectivity index (χ1n) is 7.93. The number of ether oxygens (including phenoxy) is 2. The van der Waals surface area contributed by atoms with E-state index in [0.29, 0.717) is 28.4 Å². The maximum atomic E-state index is 12.0. The van der Waals surface area contributed by atoms with E-state index in [0.717, 1.165) is 0 Å². The van der Waals surface area contributed by atoms with Gasteiger partial charge in [0.05, 0.1) is 17.9 Å². The summed E-state index contributed by atoms with van der Waals surface area (Å²) in [5.74, 6) is -0.712. The lowest BCUT2D eigenvalue weighted by Crippen LogP contribution is -2.16. The quantitative estimate of drug-likeness (QED) is 0.595. The summed E-state index contributed by atoms with van der Waals surface area (Å²) in [6, 6.07) is 12.6. The zero-order valence-corrected chi connectivity index (χ0v) is 14.6. The Balaban J connectivity index is 1.76. The molecular weight excluding hydrogens is 356 g/mol. The minimum atomic E-state index is -0.841. The molecule has 0 radical (unpaired) electrons. The molecule has 0 aromatic heterocycles. The highest BCUT2D eigenvalue weighted by Crippen LogP contribution is 2.18. The summed E-state index contributed by atoms with van der Waals surface area (Å²) in [5, 5.41) is 0.582. The lowest BCUT2D eigenvalue weighted by Gasteiger charge is -2.02. The summed E-state index contributed by atoms with van der Waals surface area (Å²) < 4.78 is 10.1. The molecule has 2 aromatic carbocycles. The highest BCUT2D eigenvalue weighted by molar-refractivity contribution is 6.30. The molecule has 0 saturated carbocycles. The third-order valence-corrected chi connectivity index (χ3v) is 3.76. The maximum Gasteiger partial charge on any atom is 0.343 e. The third kappa shape index (κ3) is 4.15. The Morgan fingerprint density at radius 3 is 2.81 bits per heavy atom. The normalized spacial score (nSPS) is 16.5. The highest BCUT2D eigenvalue weighted by atomic mass is 35.5. The van der Waals surface area contributed by atoms with Crippen LogP contribution < -0.4 is 0 Å². The standard InChI is InChI=1S/C19H15ClN2O4/c1-2-25-18(23)13-4-3-5-15(10-13)21-11-16-19(24)26-17(22-16)12-6-8-14(20)9-7-12/h3-11,16H,2H2,1H3. The van der Waals surface area contributed by atoms with Gasteiger partial charge in [0, 0.05) is 16.8 Å². The van der Waals surface area contributed by atoms with E-state index in [1.807, 2.05) is 0 Å². The molecule has 1 atom stereocenters. The van der Waals surface area contributed by atoms with Crippen molar-refractivity contribution in [3.8, 4) is 0 Å². The topological polar surface area (TPSA) is 77.3 Å². The summed E-state index contributed by atoms with van der Waals surface area (Å²) in [6.45, 7) is 2.03. The van der Waals surface area contributed by atoms with Gasteiger partial charge in [0.2, 0.25) is 5.90 Å². The van der Waals surface area contributed by atoms with E-state index in [-0.39, 0.29) is 5.90 Å². The van der Waals surface area contributed by atoms with E-state index in [1.165, 1.54) is 6.21 Å². The van der Waals surface area contributed by atoms with E-state index in [2.05, 4.69) is 9.98 Å². The van der Waals surface area contributed by atoms with Gasteiger partial charge in [-0.2, -0.15) is 0 Å². The molecule has 3 rings (SSSR count). The van der Waals surface area contributed by atoms with E-state index < -0.39 is 18.0 Å². The third-order valence-electron chi connectivity index (χ3n) is 3.51. The number of hydrogen-bond donors (Lipinski definition) is 0. The van der Waals surface area contributed by atoms with Crippen LogP contribution >= 0.6 is 11.6 Å². The number of nitrogens with zero attached hydrogens (tertiary/aromatic N) is 2. The Hall–Kier alpha value is -2.99. The molecule has 132 valence electrons. The first kappa shape index (κ1) is 17.8. The Labute approximate surface area is 155 Å². The number of rotatable bonds is 5.